The lowest BCUT2D eigenvalue weighted by Crippen LogP contribution is -2.49. The molecular weight excluding hydrogens is 379 g/mol. The topological polar surface area (TPSA) is 37.7 Å². The van der Waals surface area contributed by atoms with Crippen LogP contribution < -0.4 is 9.88 Å². The number of H-pyrrole nitrogens is 1. The van der Waals surface area contributed by atoms with E-state index in [1.807, 2.05) is 17.0 Å². The van der Waals surface area contributed by atoms with Gasteiger partial charge in [0, 0.05) is 17.2 Å². The average Bonchev–Trinajstić information content (AvgIpc) is 2.66. The average molecular weight is 397 g/mol. The molecule has 1 aromatic heterocycles. The molecule has 0 aliphatic carbocycles. The molecule has 4 nitrogen and oxygen atoms in total. The monoisotopic (exact) mass is 396 g/mol. The van der Waals surface area contributed by atoms with Crippen molar-refractivity contribution in [2.75, 3.05) is 31.1 Å². The lowest BCUT2D eigenvalue weighted by molar-refractivity contribution is -0.367. The summed E-state index contributed by atoms with van der Waals surface area (Å²) in [6, 6.07) is 9.66. The molecule has 2 aromatic rings. The van der Waals surface area contributed by atoms with Gasteiger partial charge in [0.1, 0.15) is 19.3 Å². The fourth-order valence-corrected chi connectivity index (χ4v) is 3.04. The minimum absolute atomic E-state index is 0.106. The first-order valence-corrected chi connectivity index (χ1v) is 8.77. The summed E-state index contributed by atoms with van der Waals surface area (Å²) in [6.45, 7) is 2.07. The number of amides is 1. The minimum atomic E-state index is -4.37. The van der Waals surface area contributed by atoms with Gasteiger partial charge in [0.25, 0.3) is 5.82 Å². The number of alkyl halides is 3. The number of carbonyl (C=O) groups excluding carboxylic acids is 1. The maximum atomic E-state index is 12.6. The molecule has 1 fully saturated rings. The van der Waals surface area contributed by atoms with Gasteiger partial charge >= 0.3 is 6.18 Å². The fraction of sp³-hybridized carbons (Fsp3) is 0.263. The number of hydrogen-bond acceptors (Lipinski definition) is 2. The van der Waals surface area contributed by atoms with Crippen LogP contribution in [0.3, 0.4) is 0 Å². The predicted molar refractivity (Wildman–Crippen MR) is 97.3 cm³/mol. The Morgan fingerprint density at radius 2 is 1.85 bits per heavy atom. The largest absolute Gasteiger partial charge is 0.419 e. The zero-order chi connectivity index (χ0) is 19.4. The highest BCUT2D eigenvalue weighted by Crippen LogP contribution is 2.28. The van der Waals surface area contributed by atoms with E-state index in [0.29, 0.717) is 37.0 Å². The summed E-state index contributed by atoms with van der Waals surface area (Å²) in [5.41, 5.74) is 0.125. The smallest absolute Gasteiger partial charge is 0.331 e. The van der Waals surface area contributed by atoms with Crippen LogP contribution >= 0.6 is 11.6 Å². The summed E-state index contributed by atoms with van der Waals surface area (Å²) < 4.78 is 37.9. The molecule has 1 aromatic carbocycles. The number of hydrogen-bond donors (Lipinski definition) is 0. The quantitative estimate of drug-likeness (QED) is 0.744. The van der Waals surface area contributed by atoms with Gasteiger partial charge in [-0.1, -0.05) is 23.7 Å². The maximum absolute atomic E-state index is 12.6. The molecule has 142 valence electrons. The minimum Gasteiger partial charge on any atom is -0.331 e. The number of benzene rings is 1. The van der Waals surface area contributed by atoms with E-state index < -0.39 is 11.7 Å². The second-order valence-electron chi connectivity index (χ2n) is 6.16. The van der Waals surface area contributed by atoms with Crippen LogP contribution in [0.2, 0.25) is 5.02 Å². The second-order valence-corrected chi connectivity index (χ2v) is 6.60. The Kier molecular flexibility index (Phi) is 5.70. The third-order valence-electron chi connectivity index (χ3n) is 4.32. The van der Waals surface area contributed by atoms with E-state index in [1.54, 1.807) is 23.1 Å². The van der Waals surface area contributed by atoms with Crippen molar-refractivity contribution in [3.8, 4) is 0 Å². The Morgan fingerprint density at radius 3 is 2.44 bits per heavy atom. The summed E-state index contributed by atoms with van der Waals surface area (Å²) in [4.78, 5) is 18.6. The van der Waals surface area contributed by atoms with Gasteiger partial charge in [-0.25, -0.2) is 4.98 Å². The molecule has 0 bridgehead atoms. The number of nitrogens with zero attached hydrogens (tertiary/aromatic N) is 2. The van der Waals surface area contributed by atoms with E-state index in [0.717, 1.165) is 17.8 Å². The molecule has 1 aliphatic heterocycles. The normalized spacial score (nSPS) is 15.4. The van der Waals surface area contributed by atoms with Gasteiger partial charge in [-0.3, -0.25) is 9.69 Å². The molecule has 0 saturated carbocycles. The molecule has 1 saturated heterocycles. The van der Waals surface area contributed by atoms with Gasteiger partial charge in [-0.2, -0.15) is 13.2 Å². The van der Waals surface area contributed by atoms with Crippen molar-refractivity contribution < 1.29 is 22.9 Å². The highest BCUT2D eigenvalue weighted by molar-refractivity contribution is 6.30. The Bertz CT molecular complexity index is 829. The molecule has 0 radical (unpaired) electrons. The van der Waals surface area contributed by atoms with Gasteiger partial charge in [-0.15, -0.1) is 0 Å². The SMILES string of the molecule is O=C(/C=C/c1cccc(Cl)c1)N1CCN(c2ccc(C(F)(F)F)c[nH+]2)CC1. The standard InChI is InChI=1S/C19H17ClF3N3O/c20-16-3-1-2-14(12-16)4-7-18(27)26-10-8-25(9-11-26)17-6-5-15(13-24-17)19(21,22)23/h1-7,12-13H,8-11H2/p+1/b7-4+. The first-order valence-electron chi connectivity index (χ1n) is 8.39. The number of aromatic amines is 1. The zero-order valence-electron chi connectivity index (χ0n) is 14.3. The van der Waals surface area contributed by atoms with E-state index in [4.69, 9.17) is 11.6 Å². The maximum Gasteiger partial charge on any atom is 0.419 e. The van der Waals surface area contributed by atoms with Crippen molar-refractivity contribution in [2.45, 2.75) is 6.18 Å². The molecule has 27 heavy (non-hydrogen) atoms. The van der Waals surface area contributed by atoms with Crippen molar-refractivity contribution in [3.05, 3.63) is 64.8 Å². The van der Waals surface area contributed by atoms with E-state index in [1.165, 1.54) is 12.1 Å². The molecule has 0 unspecified atom stereocenters. The summed E-state index contributed by atoms with van der Waals surface area (Å²) in [5, 5.41) is 0.603. The highest BCUT2D eigenvalue weighted by Gasteiger charge is 2.32. The highest BCUT2D eigenvalue weighted by atomic mass is 35.5. The summed E-state index contributed by atoms with van der Waals surface area (Å²) in [5.74, 6) is 0.496. The fourth-order valence-electron chi connectivity index (χ4n) is 2.84. The van der Waals surface area contributed by atoms with Gasteiger partial charge in [-0.05, 0) is 29.8 Å². The van der Waals surface area contributed by atoms with Crippen LogP contribution in [0.4, 0.5) is 19.0 Å². The molecule has 0 spiro atoms. The van der Waals surface area contributed by atoms with Gasteiger partial charge < -0.3 is 4.90 Å². The summed E-state index contributed by atoms with van der Waals surface area (Å²) in [7, 11) is 0. The van der Waals surface area contributed by atoms with Crippen molar-refractivity contribution in [1.82, 2.24) is 4.90 Å². The van der Waals surface area contributed by atoms with Gasteiger partial charge in [0.05, 0.1) is 18.7 Å². The number of piperazine rings is 1. The van der Waals surface area contributed by atoms with E-state index in [2.05, 4.69) is 4.98 Å². The Morgan fingerprint density at radius 1 is 1.11 bits per heavy atom. The molecule has 0 atom stereocenters. The molecular formula is C19H18ClF3N3O+. The first-order chi connectivity index (χ1) is 12.8. The summed E-state index contributed by atoms with van der Waals surface area (Å²) in [6.07, 6.45) is -0.189. The number of pyridine rings is 1. The number of nitrogens with one attached hydrogen (secondary N) is 1. The van der Waals surface area contributed by atoms with Crippen LogP contribution in [0.5, 0.6) is 0 Å². The van der Waals surface area contributed by atoms with Crippen molar-refractivity contribution in [2.24, 2.45) is 0 Å². The Balaban J connectivity index is 1.56. The van der Waals surface area contributed by atoms with Crippen LogP contribution in [0.25, 0.3) is 6.08 Å². The first kappa shape index (κ1) is 19.2. The van der Waals surface area contributed by atoms with Crippen LogP contribution in [-0.4, -0.2) is 37.0 Å². The third-order valence-corrected chi connectivity index (χ3v) is 4.56. The van der Waals surface area contributed by atoms with Crippen LogP contribution in [0.15, 0.2) is 48.7 Å². The van der Waals surface area contributed by atoms with Gasteiger partial charge in [0.2, 0.25) is 5.91 Å². The lowest BCUT2D eigenvalue weighted by Gasteiger charge is -2.30. The number of carbonyl (C=O) groups is 1. The van der Waals surface area contributed by atoms with Crippen molar-refractivity contribution in [1.29, 1.82) is 0 Å². The predicted octanol–water partition coefficient (Wildman–Crippen LogP) is 3.53. The Labute approximate surface area is 159 Å². The van der Waals surface area contributed by atoms with Gasteiger partial charge in [0.15, 0.2) is 0 Å². The molecule has 8 heteroatoms. The molecule has 2 heterocycles. The lowest BCUT2D eigenvalue weighted by atomic mass is 10.2. The third kappa shape index (κ3) is 5.01. The molecule has 1 aliphatic rings. The summed E-state index contributed by atoms with van der Waals surface area (Å²) >= 11 is 5.92. The number of anilines is 1. The number of rotatable bonds is 3. The van der Waals surface area contributed by atoms with E-state index in [9.17, 15) is 18.0 Å². The molecule has 3 rings (SSSR count). The second kappa shape index (κ2) is 8.00. The number of aromatic nitrogens is 1. The van der Waals surface area contributed by atoms with E-state index >= 15 is 0 Å². The number of halogens is 4. The van der Waals surface area contributed by atoms with Crippen LogP contribution in [-0.2, 0) is 11.0 Å². The molecule has 1 amide bonds. The van der Waals surface area contributed by atoms with Crippen molar-refractivity contribution >= 4 is 29.4 Å². The zero-order valence-corrected chi connectivity index (χ0v) is 15.1. The Hall–Kier alpha value is -2.54. The van der Waals surface area contributed by atoms with Crippen molar-refractivity contribution in [3.63, 3.8) is 0 Å². The van der Waals surface area contributed by atoms with E-state index in [-0.39, 0.29) is 5.91 Å². The van der Waals surface area contributed by atoms with Crippen LogP contribution in [0.1, 0.15) is 11.1 Å². The molecule has 1 N–H and O–H groups in total. The van der Waals surface area contributed by atoms with Crippen LogP contribution in [0, 0.1) is 0 Å².